The van der Waals surface area contributed by atoms with E-state index in [-0.39, 0.29) is 16.3 Å². The van der Waals surface area contributed by atoms with Gasteiger partial charge in [-0.15, -0.1) is 0 Å². The number of hydrogen-bond donors (Lipinski definition) is 1. The Hall–Kier alpha value is -0.940. The van der Waals surface area contributed by atoms with Crippen LogP contribution in [0.15, 0.2) is 23.1 Å². The highest BCUT2D eigenvalue weighted by Crippen LogP contribution is 2.55. The van der Waals surface area contributed by atoms with Gasteiger partial charge in [-0.1, -0.05) is 0 Å². The molecule has 0 spiro atoms. The van der Waals surface area contributed by atoms with E-state index >= 15 is 0 Å². The van der Waals surface area contributed by atoms with Gasteiger partial charge in [0.25, 0.3) is 0 Å². The van der Waals surface area contributed by atoms with Crippen LogP contribution < -0.4 is 4.72 Å². The van der Waals surface area contributed by atoms with Crippen molar-refractivity contribution < 1.29 is 12.8 Å². The Kier molecular flexibility index (Phi) is 3.18. The lowest BCUT2D eigenvalue weighted by Crippen LogP contribution is -2.59. The highest BCUT2D eigenvalue weighted by atomic mass is 32.2. The van der Waals surface area contributed by atoms with Gasteiger partial charge in [-0.25, -0.2) is 17.5 Å². The van der Waals surface area contributed by atoms with E-state index in [4.69, 9.17) is 0 Å². The van der Waals surface area contributed by atoms with Crippen LogP contribution in [0.4, 0.5) is 4.39 Å². The van der Waals surface area contributed by atoms with Crippen LogP contribution in [-0.4, -0.2) is 14.0 Å². The zero-order chi connectivity index (χ0) is 15.5. The highest BCUT2D eigenvalue weighted by molar-refractivity contribution is 7.89. The van der Waals surface area contributed by atoms with Crippen LogP contribution >= 0.6 is 0 Å². The van der Waals surface area contributed by atoms with E-state index in [1.165, 1.54) is 37.5 Å². The molecule has 0 aromatic heterocycles. The average Bonchev–Trinajstić information content (AvgIpc) is 2.38. The first-order valence-electron chi connectivity index (χ1n) is 8.15. The van der Waals surface area contributed by atoms with E-state index in [2.05, 4.69) is 4.72 Å². The molecule has 1 aromatic carbocycles. The number of hydrogen-bond acceptors (Lipinski definition) is 2. The molecule has 3 nitrogen and oxygen atoms in total. The van der Waals surface area contributed by atoms with Crippen LogP contribution in [-0.2, 0) is 10.0 Å². The van der Waals surface area contributed by atoms with Crippen LogP contribution in [0.5, 0.6) is 0 Å². The Morgan fingerprint density at radius 3 is 2.14 bits per heavy atom. The number of benzene rings is 1. The van der Waals surface area contributed by atoms with Crippen molar-refractivity contribution in [1.29, 1.82) is 0 Å². The van der Waals surface area contributed by atoms with Gasteiger partial charge in [-0.05, 0) is 87.0 Å². The molecule has 0 aliphatic heterocycles. The van der Waals surface area contributed by atoms with Crippen molar-refractivity contribution >= 4 is 10.0 Å². The summed E-state index contributed by atoms with van der Waals surface area (Å²) in [6.07, 6.45) is 6.74. The molecule has 0 atom stereocenters. The van der Waals surface area contributed by atoms with Gasteiger partial charge in [0.05, 0.1) is 4.90 Å². The predicted octanol–water partition coefficient (Wildman–Crippen LogP) is 3.38. The Labute approximate surface area is 131 Å². The smallest absolute Gasteiger partial charge is 0.207 e. The van der Waals surface area contributed by atoms with Crippen molar-refractivity contribution in [3.05, 3.63) is 29.6 Å². The lowest BCUT2D eigenvalue weighted by atomic mass is 9.53. The second-order valence-corrected chi connectivity index (χ2v) is 9.40. The van der Waals surface area contributed by atoms with Gasteiger partial charge in [-0.3, -0.25) is 0 Å². The van der Waals surface area contributed by atoms with Crippen LogP contribution in [0.1, 0.15) is 44.1 Å². The summed E-state index contributed by atoms with van der Waals surface area (Å²) in [5, 5.41) is 0. The van der Waals surface area contributed by atoms with Gasteiger partial charge in [-0.2, -0.15) is 0 Å². The minimum Gasteiger partial charge on any atom is -0.207 e. The number of sulfonamides is 1. The normalized spacial score (nSPS) is 36.7. The summed E-state index contributed by atoms with van der Waals surface area (Å²) in [7, 11) is -3.58. The molecule has 120 valence electrons. The molecule has 0 amide bonds. The Morgan fingerprint density at radius 1 is 1.09 bits per heavy atom. The van der Waals surface area contributed by atoms with Crippen molar-refractivity contribution in [2.45, 2.75) is 55.9 Å². The summed E-state index contributed by atoms with van der Waals surface area (Å²) in [6, 6.07) is 4.03. The Balaban J connectivity index is 1.63. The maximum absolute atomic E-state index is 13.4. The third-order valence-electron chi connectivity index (χ3n) is 5.83. The van der Waals surface area contributed by atoms with Gasteiger partial charge in [0.15, 0.2) is 0 Å². The number of nitrogens with one attached hydrogen (secondary N) is 1. The topological polar surface area (TPSA) is 46.2 Å². The Bertz CT molecular complexity index is 678. The summed E-state index contributed by atoms with van der Waals surface area (Å²) < 4.78 is 41.9. The minimum absolute atomic E-state index is 0.183. The standard InChI is InChI=1S/C17H22FNO2S/c1-11-4-15(2-3-16(11)18)22(20,21)19-17-8-12-5-13(9-17)7-14(6-12)10-17/h2-4,12-14,19H,5-10H2,1H3. The summed E-state index contributed by atoms with van der Waals surface area (Å²) in [4.78, 5) is 0.183. The molecular weight excluding hydrogens is 301 g/mol. The molecule has 1 N–H and O–H groups in total. The first kappa shape index (κ1) is 14.6. The van der Waals surface area contributed by atoms with Gasteiger partial charge in [0.2, 0.25) is 10.0 Å². The molecule has 1 aromatic rings. The number of halogens is 1. The summed E-state index contributed by atoms with van der Waals surface area (Å²) in [5.41, 5.74) is 0.115. The second kappa shape index (κ2) is 4.78. The van der Waals surface area contributed by atoms with Crippen LogP contribution in [0.3, 0.4) is 0 Å². The fourth-order valence-corrected chi connectivity index (χ4v) is 6.88. The fourth-order valence-electron chi connectivity index (χ4n) is 5.36. The molecule has 4 fully saturated rings. The van der Waals surface area contributed by atoms with E-state index in [1.54, 1.807) is 6.92 Å². The monoisotopic (exact) mass is 323 g/mol. The first-order valence-corrected chi connectivity index (χ1v) is 9.64. The molecule has 5 heteroatoms. The lowest BCUT2D eigenvalue weighted by molar-refractivity contribution is -0.00810. The predicted molar refractivity (Wildman–Crippen MR) is 82.4 cm³/mol. The van der Waals surface area contributed by atoms with Crippen molar-refractivity contribution in [2.24, 2.45) is 17.8 Å². The lowest BCUT2D eigenvalue weighted by Gasteiger charge is -2.56. The van der Waals surface area contributed by atoms with E-state index in [1.807, 2.05) is 0 Å². The summed E-state index contributed by atoms with van der Waals surface area (Å²) in [5.74, 6) is 1.69. The Morgan fingerprint density at radius 2 is 1.64 bits per heavy atom. The van der Waals surface area contributed by atoms with E-state index < -0.39 is 10.0 Å². The first-order chi connectivity index (χ1) is 10.4. The fraction of sp³-hybridized carbons (Fsp3) is 0.647. The molecule has 4 aliphatic rings. The van der Waals surface area contributed by atoms with Gasteiger partial charge >= 0.3 is 0 Å². The van der Waals surface area contributed by atoms with Gasteiger partial charge in [0.1, 0.15) is 5.82 Å². The SMILES string of the molecule is Cc1cc(S(=O)(=O)NC23CC4CC(CC(C4)C2)C3)ccc1F. The minimum atomic E-state index is -3.58. The molecule has 4 bridgehead atoms. The second-order valence-electron chi connectivity index (χ2n) is 7.71. The molecule has 0 unspecified atom stereocenters. The third-order valence-corrected chi connectivity index (χ3v) is 7.41. The van der Waals surface area contributed by atoms with Gasteiger partial charge in [0, 0.05) is 5.54 Å². The highest BCUT2D eigenvalue weighted by Gasteiger charge is 2.52. The molecule has 0 heterocycles. The summed E-state index contributed by atoms with van der Waals surface area (Å²) >= 11 is 0. The van der Waals surface area contributed by atoms with E-state index in [0.29, 0.717) is 23.3 Å². The zero-order valence-electron chi connectivity index (χ0n) is 12.8. The van der Waals surface area contributed by atoms with Crippen LogP contribution in [0.2, 0.25) is 0 Å². The molecule has 0 radical (unpaired) electrons. The van der Waals surface area contributed by atoms with Crippen LogP contribution in [0, 0.1) is 30.5 Å². The van der Waals surface area contributed by atoms with Crippen molar-refractivity contribution in [3.8, 4) is 0 Å². The maximum atomic E-state index is 13.4. The third kappa shape index (κ3) is 2.38. The molecule has 22 heavy (non-hydrogen) atoms. The largest absolute Gasteiger partial charge is 0.241 e. The van der Waals surface area contributed by atoms with Crippen LogP contribution in [0.25, 0.3) is 0 Å². The molecule has 4 saturated carbocycles. The molecule has 4 aliphatic carbocycles. The van der Waals surface area contributed by atoms with Crippen molar-refractivity contribution in [2.75, 3.05) is 0 Å². The molecular formula is C17H22FNO2S. The zero-order valence-corrected chi connectivity index (χ0v) is 13.6. The molecule has 0 saturated heterocycles. The molecule has 5 rings (SSSR count). The summed E-state index contributed by atoms with van der Waals surface area (Å²) in [6.45, 7) is 1.60. The van der Waals surface area contributed by atoms with Crippen molar-refractivity contribution in [3.63, 3.8) is 0 Å². The van der Waals surface area contributed by atoms with E-state index in [0.717, 1.165) is 19.3 Å². The maximum Gasteiger partial charge on any atom is 0.241 e. The number of rotatable bonds is 3. The quantitative estimate of drug-likeness (QED) is 0.927. The van der Waals surface area contributed by atoms with Crippen molar-refractivity contribution in [1.82, 2.24) is 4.72 Å². The van der Waals surface area contributed by atoms with Gasteiger partial charge < -0.3 is 0 Å². The average molecular weight is 323 g/mol. The number of aryl methyl sites for hydroxylation is 1. The van der Waals surface area contributed by atoms with E-state index in [9.17, 15) is 12.8 Å².